The van der Waals surface area contributed by atoms with Crippen molar-refractivity contribution in [2.75, 3.05) is 5.32 Å². The van der Waals surface area contributed by atoms with E-state index in [0.717, 1.165) is 11.3 Å². The van der Waals surface area contributed by atoms with Crippen LogP contribution in [0.1, 0.15) is 27.5 Å². The van der Waals surface area contributed by atoms with Gasteiger partial charge < -0.3 is 14.1 Å². The molecule has 2 N–H and O–H groups in total. The molecule has 0 aromatic carbocycles. The molecule has 0 radical (unpaired) electrons. The second-order valence-corrected chi connectivity index (χ2v) is 7.00. The molecule has 0 spiro atoms. The van der Waals surface area contributed by atoms with Gasteiger partial charge in [0.2, 0.25) is 5.91 Å². The van der Waals surface area contributed by atoms with Gasteiger partial charge in [-0.15, -0.1) is 11.3 Å². The monoisotopic (exact) mass is 395 g/mol. The number of amides is 2. The van der Waals surface area contributed by atoms with Gasteiger partial charge in [-0.05, 0) is 25.1 Å². The fraction of sp³-hybridized carbons (Fsp3) is 0.158. The topological polar surface area (TPSA) is 102 Å². The summed E-state index contributed by atoms with van der Waals surface area (Å²) in [4.78, 5) is 33.1. The van der Waals surface area contributed by atoms with Crippen LogP contribution >= 0.6 is 11.3 Å². The molecule has 0 atom stereocenters. The van der Waals surface area contributed by atoms with Gasteiger partial charge >= 0.3 is 0 Å². The number of nitrogens with one attached hydrogen (secondary N) is 2. The molecular weight excluding hydrogens is 378 g/mol. The molecule has 142 valence electrons. The molecule has 0 aliphatic rings. The van der Waals surface area contributed by atoms with Crippen LogP contribution in [0, 0.1) is 6.92 Å². The van der Waals surface area contributed by atoms with Gasteiger partial charge in [-0.2, -0.15) is 0 Å². The highest BCUT2D eigenvalue weighted by atomic mass is 32.1. The minimum atomic E-state index is -0.288. The number of pyridine rings is 1. The van der Waals surface area contributed by atoms with Crippen molar-refractivity contribution in [1.29, 1.82) is 0 Å². The van der Waals surface area contributed by atoms with Crippen LogP contribution in [0.4, 0.5) is 5.13 Å². The first-order valence-corrected chi connectivity index (χ1v) is 9.45. The number of aryl methyl sites for hydroxylation is 1. The maximum Gasteiger partial charge on any atom is 0.260 e. The summed E-state index contributed by atoms with van der Waals surface area (Å²) in [6.07, 6.45) is 5.38. The van der Waals surface area contributed by atoms with Crippen LogP contribution in [0.15, 0.2) is 52.7 Å². The van der Waals surface area contributed by atoms with Crippen molar-refractivity contribution in [2.45, 2.75) is 19.9 Å². The number of carbonyl (C=O) groups is 2. The summed E-state index contributed by atoms with van der Waals surface area (Å²) >= 11 is 1.27. The quantitative estimate of drug-likeness (QED) is 0.523. The highest BCUT2D eigenvalue weighted by molar-refractivity contribution is 7.14. The molecule has 0 aliphatic heterocycles. The van der Waals surface area contributed by atoms with Gasteiger partial charge in [0.15, 0.2) is 5.13 Å². The number of aromatic nitrogens is 3. The molecule has 28 heavy (non-hydrogen) atoms. The first-order chi connectivity index (χ1) is 13.6. The minimum absolute atomic E-state index is 0.129. The van der Waals surface area contributed by atoms with E-state index in [1.54, 1.807) is 18.4 Å². The molecule has 0 unspecified atom stereocenters. The zero-order chi connectivity index (χ0) is 19.5. The van der Waals surface area contributed by atoms with E-state index in [2.05, 4.69) is 20.6 Å². The number of hydrogen-bond acceptors (Lipinski definition) is 6. The Kier molecular flexibility index (Phi) is 4.90. The van der Waals surface area contributed by atoms with Crippen molar-refractivity contribution < 1.29 is 14.0 Å². The molecule has 0 saturated carbocycles. The molecule has 9 heteroatoms. The van der Waals surface area contributed by atoms with Gasteiger partial charge in [-0.1, -0.05) is 6.07 Å². The van der Waals surface area contributed by atoms with E-state index in [4.69, 9.17) is 4.42 Å². The van der Waals surface area contributed by atoms with Crippen LogP contribution in [0.3, 0.4) is 0 Å². The molecule has 4 aromatic rings. The van der Waals surface area contributed by atoms with Crippen LogP contribution in [0.2, 0.25) is 0 Å². The summed E-state index contributed by atoms with van der Waals surface area (Å²) in [6, 6.07) is 7.34. The Morgan fingerprint density at radius 2 is 2.11 bits per heavy atom. The lowest BCUT2D eigenvalue weighted by molar-refractivity contribution is -0.120. The Morgan fingerprint density at radius 1 is 1.21 bits per heavy atom. The van der Waals surface area contributed by atoms with E-state index in [1.165, 1.54) is 17.6 Å². The smallest absolute Gasteiger partial charge is 0.260 e. The minimum Gasteiger partial charge on any atom is -0.469 e. The number of nitrogens with zero attached hydrogens (tertiary/aromatic N) is 3. The Bertz CT molecular complexity index is 1110. The van der Waals surface area contributed by atoms with Crippen LogP contribution in [-0.4, -0.2) is 26.2 Å². The summed E-state index contributed by atoms with van der Waals surface area (Å²) < 4.78 is 7.03. The third-order valence-electron chi connectivity index (χ3n) is 4.10. The second kappa shape index (κ2) is 7.65. The number of furan rings is 1. The normalized spacial score (nSPS) is 10.9. The first kappa shape index (κ1) is 17.9. The van der Waals surface area contributed by atoms with Crippen molar-refractivity contribution in [2.24, 2.45) is 0 Å². The standard InChI is InChI=1S/C19H17N5O3S/c1-12-15(5-7-27-12)18(26)23-19-22-13(11-28-19)8-17(25)20-9-14-10-24-6-3-2-4-16(24)21-14/h2-7,10-11H,8-9H2,1H3,(H,20,25)(H,22,23,26). The molecule has 4 heterocycles. The number of carbonyl (C=O) groups excluding carboxylic acids is 2. The van der Waals surface area contributed by atoms with Crippen molar-refractivity contribution in [1.82, 2.24) is 19.7 Å². The van der Waals surface area contributed by atoms with Gasteiger partial charge in [0, 0.05) is 17.8 Å². The van der Waals surface area contributed by atoms with Gasteiger partial charge in [-0.25, -0.2) is 9.97 Å². The van der Waals surface area contributed by atoms with Crippen LogP contribution in [-0.2, 0) is 17.8 Å². The molecule has 8 nitrogen and oxygen atoms in total. The lowest BCUT2D eigenvalue weighted by atomic mass is 10.2. The van der Waals surface area contributed by atoms with Crippen molar-refractivity contribution in [3.63, 3.8) is 0 Å². The van der Waals surface area contributed by atoms with E-state index in [1.807, 2.05) is 35.0 Å². The van der Waals surface area contributed by atoms with E-state index >= 15 is 0 Å². The summed E-state index contributed by atoms with van der Waals surface area (Å²) in [7, 11) is 0. The third kappa shape index (κ3) is 3.94. The number of hydrogen-bond donors (Lipinski definition) is 2. The predicted octanol–water partition coefficient (Wildman–Crippen LogP) is 2.80. The molecule has 2 amide bonds. The van der Waals surface area contributed by atoms with E-state index in [0.29, 0.717) is 28.7 Å². The number of imidazole rings is 1. The number of rotatable bonds is 6. The highest BCUT2D eigenvalue weighted by Gasteiger charge is 2.14. The maximum atomic E-state index is 12.2. The fourth-order valence-electron chi connectivity index (χ4n) is 2.72. The van der Waals surface area contributed by atoms with Gasteiger partial charge in [0.1, 0.15) is 11.4 Å². The number of fused-ring (bicyclic) bond motifs is 1. The van der Waals surface area contributed by atoms with Gasteiger partial charge in [-0.3, -0.25) is 14.9 Å². The summed E-state index contributed by atoms with van der Waals surface area (Å²) in [5.41, 5.74) is 2.67. The fourth-order valence-corrected chi connectivity index (χ4v) is 3.42. The average Bonchev–Trinajstić information content (AvgIpc) is 3.39. The van der Waals surface area contributed by atoms with E-state index in [-0.39, 0.29) is 18.2 Å². The van der Waals surface area contributed by atoms with E-state index < -0.39 is 0 Å². The summed E-state index contributed by atoms with van der Waals surface area (Å²) in [5.74, 6) is 0.0926. The first-order valence-electron chi connectivity index (χ1n) is 8.57. The van der Waals surface area contributed by atoms with Crippen molar-refractivity contribution in [3.8, 4) is 0 Å². The average molecular weight is 395 g/mol. The van der Waals surface area contributed by atoms with Crippen LogP contribution < -0.4 is 10.6 Å². The SMILES string of the molecule is Cc1occc1C(=O)Nc1nc(CC(=O)NCc2cn3ccccc3n2)cs1. The lowest BCUT2D eigenvalue weighted by Crippen LogP contribution is -2.24. The zero-order valence-electron chi connectivity index (χ0n) is 15.0. The Morgan fingerprint density at radius 3 is 2.89 bits per heavy atom. The van der Waals surface area contributed by atoms with Crippen LogP contribution in [0.25, 0.3) is 5.65 Å². The van der Waals surface area contributed by atoms with E-state index in [9.17, 15) is 9.59 Å². The number of anilines is 1. The summed E-state index contributed by atoms with van der Waals surface area (Å²) in [6.45, 7) is 2.06. The molecule has 0 saturated heterocycles. The Balaban J connectivity index is 1.31. The largest absolute Gasteiger partial charge is 0.469 e. The lowest BCUT2D eigenvalue weighted by Gasteiger charge is -2.01. The Hall–Kier alpha value is -3.46. The maximum absolute atomic E-state index is 12.2. The second-order valence-electron chi connectivity index (χ2n) is 6.14. The van der Waals surface area contributed by atoms with Crippen molar-refractivity contribution in [3.05, 3.63) is 71.0 Å². The molecule has 0 aliphatic carbocycles. The van der Waals surface area contributed by atoms with Crippen LogP contribution in [0.5, 0.6) is 0 Å². The molecule has 0 fully saturated rings. The number of thiazole rings is 1. The van der Waals surface area contributed by atoms with Gasteiger partial charge in [0.05, 0.1) is 36.2 Å². The molecule has 4 rings (SSSR count). The highest BCUT2D eigenvalue weighted by Crippen LogP contribution is 2.18. The molecular formula is C19H17N5O3S. The molecule has 4 aromatic heterocycles. The van der Waals surface area contributed by atoms with Gasteiger partial charge in [0.25, 0.3) is 5.91 Å². The zero-order valence-corrected chi connectivity index (χ0v) is 15.8. The predicted molar refractivity (Wildman–Crippen MR) is 104 cm³/mol. The Labute approximate surface area is 164 Å². The molecule has 0 bridgehead atoms. The third-order valence-corrected chi connectivity index (χ3v) is 4.90. The summed E-state index contributed by atoms with van der Waals surface area (Å²) in [5, 5.41) is 7.74. The van der Waals surface area contributed by atoms with Crippen molar-refractivity contribution >= 4 is 33.9 Å².